The molecule has 0 fully saturated rings. The average Bonchev–Trinajstić information content (AvgIpc) is 2.83. The first kappa shape index (κ1) is 22.7. The summed E-state index contributed by atoms with van der Waals surface area (Å²) in [5.41, 5.74) is 0.717. The third kappa shape index (κ3) is 6.25. The molecular formula is C25H25NO6. The predicted molar refractivity (Wildman–Crippen MR) is 120 cm³/mol. The van der Waals surface area contributed by atoms with Crippen LogP contribution in [-0.2, 0) is 9.53 Å². The van der Waals surface area contributed by atoms with Crippen LogP contribution in [0.1, 0.15) is 17.3 Å². The highest BCUT2D eigenvalue weighted by Crippen LogP contribution is 2.24. The number of carbonyl (C=O) groups is 2. The number of hydrogen-bond donors (Lipinski definition) is 1. The molecule has 0 saturated carbocycles. The molecule has 0 saturated heterocycles. The molecule has 3 rings (SSSR count). The number of hydrogen-bond acceptors (Lipinski definition) is 6. The topological polar surface area (TPSA) is 83.1 Å². The largest absolute Gasteiger partial charge is 0.495 e. The average molecular weight is 435 g/mol. The Balaban J connectivity index is 1.55. The Morgan fingerprint density at radius 2 is 1.44 bits per heavy atom. The van der Waals surface area contributed by atoms with Crippen LogP contribution < -0.4 is 19.5 Å². The van der Waals surface area contributed by atoms with Gasteiger partial charge in [-0.05, 0) is 43.3 Å². The maximum absolute atomic E-state index is 12.7. The summed E-state index contributed by atoms with van der Waals surface area (Å²) in [7, 11) is 1.51. The van der Waals surface area contributed by atoms with Crippen LogP contribution in [0.5, 0.6) is 17.2 Å². The first-order valence-electron chi connectivity index (χ1n) is 10.1. The zero-order valence-electron chi connectivity index (χ0n) is 17.9. The summed E-state index contributed by atoms with van der Waals surface area (Å²) in [6.07, 6.45) is -1.03. The summed E-state index contributed by atoms with van der Waals surface area (Å²) in [5, 5.41) is 2.70. The van der Waals surface area contributed by atoms with Gasteiger partial charge in [0.05, 0.1) is 12.8 Å². The number of anilines is 1. The molecule has 1 unspecified atom stereocenters. The highest BCUT2D eigenvalue weighted by atomic mass is 16.6. The Hall–Kier alpha value is -4.00. The van der Waals surface area contributed by atoms with Crippen molar-refractivity contribution < 1.29 is 28.5 Å². The number of carbonyl (C=O) groups excluding carboxylic acids is 2. The molecule has 1 N–H and O–H groups in total. The van der Waals surface area contributed by atoms with Gasteiger partial charge in [-0.15, -0.1) is 0 Å². The van der Waals surface area contributed by atoms with Crippen molar-refractivity contribution in [2.75, 3.05) is 25.6 Å². The maximum Gasteiger partial charge on any atom is 0.342 e. The molecule has 0 spiro atoms. The Bertz CT molecular complexity index is 1040. The van der Waals surface area contributed by atoms with Gasteiger partial charge in [0.2, 0.25) is 0 Å². The van der Waals surface area contributed by atoms with Gasteiger partial charge in [0.1, 0.15) is 36.0 Å². The fourth-order valence-corrected chi connectivity index (χ4v) is 2.85. The monoisotopic (exact) mass is 435 g/mol. The lowest BCUT2D eigenvalue weighted by Crippen LogP contribution is -2.30. The van der Waals surface area contributed by atoms with E-state index in [0.717, 1.165) is 5.75 Å². The predicted octanol–water partition coefficient (Wildman–Crippen LogP) is 4.34. The Morgan fingerprint density at radius 3 is 2.19 bits per heavy atom. The highest BCUT2D eigenvalue weighted by molar-refractivity contribution is 5.99. The number of nitrogens with one attached hydrogen (secondary N) is 1. The summed E-state index contributed by atoms with van der Waals surface area (Å²) in [5.74, 6) is 0.464. The highest BCUT2D eigenvalue weighted by Gasteiger charge is 2.22. The minimum Gasteiger partial charge on any atom is -0.495 e. The first-order valence-corrected chi connectivity index (χ1v) is 10.1. The van der Waals surface area contributed by atoms with Crippen molar-refractivity contribution in [2.45, 2.75) is 13.0 Å². The lowest BCUT2D eigenvalue weighted by atomic mass is 10.2. The van der Waals surface area contributed by atoms with Crippen LogP contribution in [0.15, 0.2) is 78.9 Å². The second-order valence-electron chi connectivity index (χ2n) is 6.74. The number of benzene rings is 3. The number of methoxy groups -OCH3 is 1. The molecule has 32 heavy (non-hydrogen) atoms. The van der Waals surface area contributed by atoms with Crippen LogP contribution in [0.25, 0.3) is 0 Å². The van der Waals surface area contributed by atoms with Crippen LogP contribution >= 0.6 is 0 Å². The van der Waals surface area contributed by atoms with Gasteiger partial charge in [0.25, 0.3) is 5.91 Å². The van der Waals surface area contributed by atoms with Gasteiger partial charge in [0.15, 0.2) is 6.10 Å². The summed E-state index contributed by atoms with van der Waals surface area (Å²) in [6.45, 7) is 2.05. The molecule has 7 heteroatoms. The molecule has 0 aliphatic carbocycles. The summed E-state index contributed by atoms with van der Waals surface area (Å²) in [4.78, 5) is 25.2. The molecule has 3 aromatic carbocycles. The molecule has 0 bridgehead atoms. The molecule has 0 aromatic heterocycles. The Labute approximate surface area is 186 Å². The van der Waals surface area contributed by atoms with Crippen LogP contribution in [0.4, 0.5) is 5.69 Å². The van der Waals surface area contributed by atoms with E-state index < -0.39 is 18.0 Å². The maximum atomic E-state index is 12.7. The lowest BCUT2D eigenvalue weighted by molar-refractivity contribution is -0.123. The van der Waals surface area contributed by atoms with Gasteiger partial charge in [-0.3, -0.25) is 4.79 Å². The van der Waals surface area contributed by atoms with E-state index in [1.807, 2.05) is 30.3 Å². The van der Waals surface area contributed by atoms with Crippen molar-refractivity contribution in [1.29, 1.82) is 0 Å². The Morgan fingerprint density at radius 1 is 0.812 bits per heavy atom. The quantitative estimate of drug-likeness (QED) is 0.377. The van der Waals surface area contributed by atoms with E-state index >= 15 is 0 Å². The van der Waals surface area contributed by atoms with Crippen molar-refractivity contribution in [2.24, 2.45) is 0 Å². The van der Waals surface area contributed by atoms with Gasteiger partial charge in [-0.25, -0.2) is 4.79 Å². The fraction of sp³-hybridized carbons (Fsp3) is 0.200. The smallest absolute Gasteiger partial charge is 0.342 e. The third-order valence-electron chi connectivity index (χ3n) is 4.48. The summed E-state index contributed by atoms with van der Waals surface area (Å²) in [6, 6.07) is 23.1. The van der Waals surface area contributed by atoms with Crippen molar-refractivity contribution in [3.05, 3.63) is 84.4 Å². The lowest BCUT2D eigenvalue weighted by Gasteiger charge is -2.16. The molecule has 0 radical (unpaired) electrons. The van der Waals surface area contributed by atoms with Crippen molar-refractivity contribution >= 4 is 17.6 Å². The van der Waals surface area contributed by atoms with Crippen molar-refractivity contribution in [3.8, 4) is 17.2 Å². The molecule has 0 aliphatic heterocycles. The van der Waals surface area contributed by atoms with Gasteiger partial charge >= 0.3 is 5.97 Å². The molecule has 7 nitrogen and oxygen atoms in total. The van der Waals surface area contributed by atoms with Gasteiger partial charge in [0, 0.05) is 0 Å². The van der Waals surface area contributed by atoms with E-state index in [2.05, 4.69) is 5.32 Å². The molecule has 0 heterocycles. The third-order valence-corrected chi connectivity index (χ3v) is 4.48. The summed E-state index contributed by atoms with van der Waals surface area (Å²) >= 11 is 0. The van der Waals surface area contributed by atoms with Crippen LogP contribution in [0, 0.1) is 0 Å². The summed E-state index contributed by atoms with van der Waals surface area (Å²) < 4.78 is 21.9. The second-order valence-corrected chi connectivity index (χ2v) is 6.74. The van der Waals surface area contributed by atoms with E-state index in [9.17, 15) is 9.59 Å². The van der Waals surface area contributed by atoms with Gasteiger partial charge < -0.3 is 24.3 Å². The van der Waals surface area contributed by atoms with E-state index in [1.165, 1.54) is 14.0 Å². The second kappa shape index (κ2) is 11.4. The molecular weight excluding hydrogens is 410 g/mol. The van der Waals surface area contributed by atoms with Crippen LogP contribution in [0.2, 0.25) is 0 Å². The van der Waals surface area contributed by atoms with Crippen molar-refractivity contribution in [1.82, 2.24) is 0 Å². The number of esters is 1. The normalized spacial score (nSPS) is 11.2. The van der Waals surface area contributed by atoms with Crippen LogP contribution in [-0.4, -0.2) is 38.3 Å². The number of amides is 1. The fourth-order valence-electron chi connectivity index (χ4n) is 2.85. The van der Waals surface area contributed by atoms with Crippen molar-refractivity contribution in [3.63, 3.8) is 0 Å². The zero-order chi connectivity index (χ0) is 22.8. The minimum atomic E-state index is -1.03. The standard InChI is InChI=1S/C25H25NO6/c1-18(24(27)26-21-13-7-9-15-23(21)29-2)32-25(28)20-12-6-8-14-22(20)31-17-16-30-19-10-4-3-5-11-19/h3-15,18H,16-17H2,1-2H3,(H,26,27). The van der Waals surface area contributed by atoms with E-state index in [0.29, 0.717) is 23.8 Å². The zero-order valence-corrected chi connectivity index (χ0v) is 17.9. The van der Waals surface area contributed by atoms with Crippen LogP contribution in [0.3, 0.4) is 0 Å². The van der Waals surface area contributed by atoms with Gasteiger partial charge in [-0.1, -0.05) is 42.5 Å². The Kier molecular flexibility index (Phi) is 8.09. The number of ether oxygens (including phenoxy) is 4. The number of para-hydroxylation sites is 4. The molecule has 0 aliphatic rings. The van der Waals surface area contributed by atoms with E-state index in [4.69, 9.17) is 18.9 Å². The molecule has 1 amide bonds. The molecule has 1 atom stereocenters. The SMILES string of the molecule is COc1ccccc1NC(=O)C(C)OC(=O)c1ccccc1OCCOc1ccccc1. The van der Waals surface area contributed by atoms with E-state index in [-0.39, 0.29) is 12.2 Å². The first-order chi connectivity index (χ1) is 15.6. The molecule has 3 aromatic rings. The molecule has 166 valence electrons. The van der Waals surface area contributed by atoms with E-state index in [1.54, 1.807) is 48.5 Å². The minimum absolute atomic E-state index is 0.226. The number of rotatable bonds is 10. The van der Waals surface area contributed by atoms with Gasteiger partial charge in [-0.2, -0.15) is 0 Å².